The maximum Gasteiger partial charge on any atom is 0.410 e. The Morgan fingerprint density at radius 1 is 0.804 bits per heavy atom. The minimum absolute atomic E-state index is 0.0104. The number of benzene rings is 4. The van der Waals surface area contributed by atoms with Crippen LogP contribution >= 0.6 is 0 Å². The molecule has 2 atom stereocenters. The Morgan fingerprint density at radius 2 is 1.47 bits per heavy atom. The highest BCUT2D eigenvalue weighted by molar-refractivity contribution is 6.07. The van der Waals surface area contributed by atoms with Crippen molar-refractivity contribution in [2.24, 2.45) is 0 Å². The fraction of sp³-hybridized carbons (Fsp3) is 0.282. The number of hydrogen-bond donors (Lipinski definition) is 3. The van der Waals surface area contributed by atoms with Crippen LogP contribution in [-0.2, 0) is 17.7 Å². The first-order valence-electron chi connectivity index (χ1n) is 16.2. The molecule has 0 spiro atoms. The highest BCUT2D eigenvalue weighted by atomic mass is 19.1. The molecule has 0 fully saturated rings. The lowest BCUT2D eigenvalue weighted by Gasteiger charge is -2.32. The van der Waals surface area contributed by atoms with Gasteiger partial charge in [-0.15, -0.1) is 0 Å². The molecule has 0 saturated heterocycles. The Bertz CT molecular complexity index is 1860. The molecular weight excluding hydrogens is 660 g/mol. The van der Waals surface area contributed by atoms with Gasteiger partial charge in [0.05, 0.1) is 25.8 Å². The van der Waals surface area contributed by atoms with Gasteiger partial charge in [0.2, 0.25) is 0 Å². The number of methoxy groups -OCH3 is 1. The molecule has 268 valence electrons. The molecule has 3 N–H and O–H groups in total. The molecule has 4 aromatic rings. The highest BCUT2D eigenvalue weighted by Gasteiger charge is 2.30. The second kappa shape index (κ2) is 16.9. The van der Waals surface area contributed by atoms with Crippen molar-refractivity contribution >= 4 is 29.4 Å². The number of ketones is 1. The Kier molecular flexibility index (Phi) is 12.6. The molecule has 0 aromatic heterocycles. The van der Waals surface area contributed by atoms with Crippen molar-refractivity contribution in [2.75, 3.05) is 19.0 Å². The Labute approximate surface area is 295 Å². The molecule has 0 radical (unpaired) electrons. The molecule has 51 heavy (non-hydrogen) atoms. The van der Waals surface area contributed by atoms with Crippen LogP contribution in [0.1, 0.15) is 69.9 Å². The number of Topliss-reactive ketones (excluding diaryl/α,β-unsaturated/α-hetero) is 1. The molecule has 0 aliphatic heterocycles. The smallest absolute Gasteiger partial charge is 0.410 e. The number of carbonyl (C=O) groups is 4. The van der Waals surface area contributed by atoms with Crippen molar-refractivity contribution < 1.29 is 42.5 Å². The summed E-state index contributed by atoms with van der Waals surface area (Å²) in [5.41, 5.74) is 0.523. The summed E-state index contributed by atoms with van der Waals surface area (Å²) in [7, 11) is 1.50. The van der Waals surface area contributed by atoms with Crippen LogP contribution in [0.25, 0.3) is 0 Å². The van der Waals surface area contributed by atoms with Gasteiger partial charge < -0.3 is 30.1 Å². The van der Waals surface area contributed by atoms with Crippen molar-refractivity contribution in [2.45, 2.75) is 58.4 Å². The van der Waals surface area contributed by atoms with Gasteiger partial charge in [0.25, 0.3) is 11.8 Å². The predicted octanol–water partition coefficient (Wildman–Crippen LogP) is 6.57. The Balaban J connectivity index is 1.67. The van der Waals surface area contributed by atoms with Crippen molar-refractivity contribution in [3.8, 4) is 5.75 Å². The van der Waals surface area contributed by atoms with Crippen LogP contribution in [0, 0.1) is 11.6 Å². The largest absolute Gasteiger partial charge is 0.497 e. The number of amides is 3. The van der Waals surface area contributed by atoms with E-state index in [1.807, 2.05) is 0 Å². The summed E-state index contributed by atoms with van der Waals surface area (Å²) in [5.74, 6) is -2.77. The molecule has 12 heteroatoms. The van der Waals surface area contributed by atoms with E-state index in [0.717, 1.165) is 12.1 Å². The highest BCUT2D eigenvalue weighted by Crippen LogP contribution is 2.21. The van der Waals surface area contributed by atoms with Gasteiger partial charge in [-0.3, -0.25) is 14.4 Å². The van der Waals surface area contributed by atoms with Gasteiger partial charge in [0.15, 0.2) is 5.78 Å². The molecule has 3 amide bonds. The number of anilines is 1. The zero-order valence-corrected chi connectivity index (χ0v) is 29.0. The first-order valence-corrected chi connectivity index (χ1v) is 16.2. The van der Waals surface area contributed by atoms with E-state index >= 15 is 0 Å². The molecule has 0 bridgehead atoms. The zero-order valence-electron chi connectivity index (χ0n) is 29.0. The standard InChI is InChI=1S/C39H41F2N3O7/c1-24(45)28-18-29(20-32(19-28)42-36(47)27-11-7-6-8-12-27)37(48)43-34(17-26-14-30(40)21-31(41)15-26)35(46)23-44(38(49)51-39(2,3)4)22-25-10-9-13-33(16-25)50-5/h6-16,18-21,34-35,46H,17,22-23H2,1-5H3,(H,42,47)(H,43,48)/t34-,35+/m0/s1. The van der Waals surface area contributed by atoms with Gasteiger partial charge >= 0.3 is 6.09 Å². The quantitative estimate of drug-likeness (QED) is 0.134. The maximum absolute atomic E-state index is 14.2. The number of aliphatic hydroxyl groups excluding tert-OH is 1. The second-order valence-corrected chi connectivity index (χ2v) is 13.0. The Hall–Kier alpha value is -5.62. The molecule has 0 saturated carbocycles. The number of nitrogens with one attached hydrogen (secondary N) is 2. The van der Waals surface area contributed by atoms with Crippen molar-refractivity contribution in [3.63, 3.8) is 0 Å². The van der Waals surface area contributed by atoms with E-state index < -0.39 is 47.3 Å². The van der Waals surface area contributed by atoms with Crippen LogP contribution in [0.5, 0.6) is 5.75 Å². The van der Waals surface area contributed by atoms with E-state index in [1.54, 1.807) is 75.4 Å². The Morgan fingerprint density at radius 3 is 2.10 bits per heavy atom. The molecule has 10 nitrogen and oxygen atoms in total. The number of rotatable bonds is 13. The fourth-order valence-electron chi connectivity index (χ4n) is 5.22. The zero-order chi connectivity index (χ0) is 37.3. The summed E-state index contributed by atoms with van der Waals surface area (Å²) >= 11 is 0. The number of halogens is 2. The predicted molar refractivity (Wildman–Crippen MR) is 188 cm³/mol. The number of hydrogen-bond acceptors (Lipinski definition) is 7. The second-order valence-electron chi connectivity index (χ2n) is 13.0. The first kappa shape index (κ1) is 38.2. The van der Waals surface area contributed by atoms with E-state index in [9.17, 15) is 33.1 Å². The van der Waals surface area contributed by atoms with Crippen molar-refractivity contribution in [1.82, 2.24) is 10.2 Å². The summed E-state index contributed by atoms with van der Waals surface area (Å²) in [6.45, 7) is 6.01. The van der Waals surface area contributed by atoms with Crippen molar-refractivity contribution in [1.29, 1.82) is 0 Å². The van der Waals surface area contributed by atoms with E-state index in [-0.39, 0.29) is 47.7 Å². The summed E-state index contributed by atoms with van der Waals surface area (Å²) in [5, 5.41) is 17.1. The molecule has 0 unspecified atom stereocenters. The fourth-order valence-corrected chi connectivity index (χ4v) is 5.22. The third-order valence-electron chi connectivity index (χ3n) is 7.62. The molecule has 4 aromatic carbocycles. The molecule has 0 aliphatic rings. The van der Waals surface area contributed by atoms with Gasteiger partial charge in [0, 0.05) is 35.0 Å². The van der Waals surface area contributed by atoms with E-state index in [2.05, 4.69) is 10.6 Å². The SMILES string of the molecule is COc1cccc(CN(C[C@@H](O)[C@H](Cc2cc(F)cc(F)c2)NC(=O)c2cc(NC(=O)c3ccccc3)cc(C(C)=O)c2)C(=O)OC(C)(C)C)c1. The molecule has 4 rings (SSSR count). The number of carbonyl (C=O) groups excluding carboxylic acids is 4. The van der Waals surface area contributed by atoms with Crippen LogP contribution in [-0.4, -0.2) is 65.1 Å². The van der Waals surface area contributed by atoms with Crippen LogP contribution in [0.3, 0.4) is 0 Å². The van der Waals surface area contributed by atoms with Gasteiger partial charge in [-0.2, -0.15) is 0 Å². The van der Waals surface area contributed by atoms with Crippen LogP contribution in [0.4, 0.5) is 19.3 Å². The van der Waals surface area contributed by atoms with E-state index in [0.29, 0.717) is 22.9 Å². The summed E-state index contributed by atoms with van der Waals surface area (Å²) in [6, 6.07) is 21.1. The van der Waals surface area contributed by atoms with Gasteiger partial charge in [0.1, 0.15) is 23.0 Å². The lowest BCUT2D eigenvalue weighted by molar-refractivity contribution is 0.00836. The number of aliphatic hydroxyl groups is 1. The van der Waals surface area contributed by atoms with Gasteiger partial charge in [-0.25, -0.2) is 13.6 Å². The normalized spacial score (nSPS) is 12.3. The van der Waals surface area contributed by atoms with Gasteiger partial charge in [-0.05, 0) is 99.8 Å². The summed E-state index contributed by atoms with van der Waals surface area (Å²) < 4.78 is 39.4. The molecule has 0 aliphatic carbocycles. The first-order chi connectivity index (χ1) is 24.1. The van der Waals surface area contributed by atoms with E-state index in [1.165, 1.54) is 37.1 Å². The lowest BCUT2D eigenvalue weighted by Crippen LogP contribution is -2.51. The number of ether oxygens (including phenoxy) is 2. The number of nitrogens with zero attached hydrogens (tertiary/aromatic N) is 1. The van der Waals surface area contributed by atoms with Gasteiger partial charge in [-0.1, -0.05) is 30.3 Å². The topological polar surface area (TPSA) is 134 Å². The van der Waals surface area contributed by atoms with Crippen LogP contribution < -0.4 is 15.4 Å². The third-order valence-corrected chi connectivity index (χ3v) is 7.62. The van der Waals surface area contributed by atoms with Crippen molar-refractivity contribution in [3.05, 3.63) is 130 Å². The average molecular weight is 702 g/mol. The molecular formula is C39H41F2N3O7. The van der Waals surface area contributed by atoms with E-state index in [4.69, 9.17) is 9.47 Å². The minimum atomic E-state index is -1.49. The van der Waals surface area contributed by atoms with Crippen LogP contribution in [0.2, 0.25) is 0 Å². The summed E-state index contributed by atoms with van der Waals surface area (Å²) in [4.78, 5) is 53.8. The summed E-state index contributed by atoms with van der Waals surface area (Å²) in [6.07, 6.45) is -2.49. The minimum Gasteiger partial charge on any atom is -0.497 e. The third kappa shape index (κ3) is 11.5. The lowest BCUT2D eigenvalue weighted by atomic mass is 9.99. The molecule has 0 heterocycles. The average Bonchev–Trinajstić information content (AvgIpc) is 3.06. The van der Waals surface area contributed by atoms with Crippen LogP contribution in [0.15, 0.2) is 91.0 Å². The maximum atomic E-state index is 14.2. The monoisotopic (exact) mass is 701 g/mol.